The van der Waals surface area contributed by atoms with Crippen molar-refractivity contribution in [2.24, 2.45) is 0 Å². The summed E-state index contributed by atoms with van der Waals surface area (Å²) < 4.78 is 2.64. The Labute approximate surface area is 102 Å². The predicted octanol–water partition coefficient (Wildman–Crippen LogP) is 1.75. The highest BCUT2D eigenvalue weighted by molar-refractivity contribution is 9.10. The summed E-state index contributed by atoms with van der Waals surface area (Å²) in [6, 6.07) is 7.73. The second-order valence-corrected chi connectivity index (χ2v) is 4.34. The molecule has 0 unspecified atom stereocenters. The van der Waals surface area contributed by atoms with Crippen LogP contribution in [-0.4, -0.2) is 21.5 Å². The van der Waals surface area contributed by atoms with Crippen molar-refractivity contribution in [1.82, 2.24) is 9.78 Å². The Morgan fingerprint density at radius 1 is 1.44 bits per heavy atom. The van der Waals surface area contributed by atoms with Gasteiger partial charge in [0.25, 0.3) is 0 Å². The minimum absolute atomic E-state index is 0.0778. The zero-order chi connectivity index (χ0) is 11.5. The van der Waals surface area contributed by atoms with Gasteiger partial charge in [0, 0.05) is 23.1 Å². The number of anilines is 1. The number of aliphatic hydroxyl groups excluding tert-OH is 1. The van der Waals surface area contributed by atoms with E-state index >= 15 is 0 Å². The summed E-state index contributed by atoms with van der Waals surface area (Å²) in [5, 5.41) is 13.1. The standard InChI is InChI=1S/C11H12BrN3O/c12-9-2-1-3-10(6-9)15-11(13)8(4-5-16)7-14-15/h1-3,6-7,16H,4-5,13H2. The summed E-state index contributed by atoms with van der Waals surface area (Å²) in [4.78, 5) is 0. The predicted molar refractivity (Wildman–Crippen MR) is 66.5 cm³/mol. The fraction of sp³-hybridized carbons (Fsp3) is 0.182. The lowest BCUT2D eigenvalue weighted by Crippen LogP contribution is -2.03. The molecule has 0 radical (unpaired) electrons. The second-order valence-electron chi connectivity index (χ2n) is 3.42. The highest BCUT2D eigenvalue weighted by Gasteiger charge is 2.08. The Bertz CT molecular complexity index is 496. The number of benzene rings is 1. The molecule has 0 aliphatic heterocycles. The normalized spacial score (nSPS) is 10.6. The van der Waals surface area contributed by atoms with Gasteiger partial charge in [-0.3, -0.25) is 0 Å². The van der Waals surface area contributed by atoms with E-state index in [-0.39, 0.29) is 6.61 Å². The molecule has 5 heteroatoms. The topological polar surface area (TPSA) is 64.1 Å². The first-order valence-corrected chi connectivity index (χ1v) is 5.71. The fourth-order valence-corrected chi connectivity index (χ4v) is 1.91. The van der Waals surface area contributed by atoms with Gasteiger partial charge >= 0.3 is 0 Å². The van der Waals surface area contributed by atoms with Crippen LogP contribution in [0.1, 0.15) is 5.56 Å². The van der Waals surface area contributed by atoms with Gasteiger partial charge in [0.15, 0.2) is 0 Å². The third kappa shape index (κ3) is 2.10. The Hall–Kier alpha value is -1.33. The number of aromatic nitrogens is 2. The van der Waals surface area contributed by atoms with Gasteiger partial charge in [-0.05, 0) is 18.2 Å². The number of hydrogen-bond donors (Lipinski definition) is 2. The number of halogens is 1. The molecule has 0 amide bonds. The van der Waals surface area contributed by atoms with Crippen molar-refractivity contribution in [2.45, 2.75) is 6.42 Å². The summed E-state index contributed by atoms with van der Waals surface area (Å²) in [5.74, 6) is 0.576. The molecule has 2 rings (SSSR count). The number of aliphatic hydroxyl groups is 1. The van der Waals surface area contributed by atoms with Crippen molar-refractivity contribution in [2.75, 3.05) is 12.3 Å². The maximum absolute atomic E-state index is 8.87. The van der Waals surface area contributed by atoms with Gasteiger partial charge in [-0.25, -0.2) is 4.68 Å². The fourth-order valence-electron chi connectivity index (χ4n) is 1.52. The van der Waals surface area contributed by atoms with Crippen LogP contribution in [0.15, 0.2) is 34.9 Å². The van der Waals surface area contributed by atoms with Crippen LogP contribution >= 0.6 is 15.9 Å². The quantitative estimate of drug-likeness (QED) is 0.901. The van der Waals surface area contributed by atoms with Crippen LogP contribution in [0.3, 0.4) is 0 Å². The molecule has 0 bridgehead atoms. The molecule has 84 valence electrons. The van der Waals surface area contributed by atoms with Crippen LogP contribution in [0.4, 0.5) is 5.82 Å². The first kappa shape index (κ1) is 11.2. The van der Waals surface area contributed by atoms with Crippen LogP contribution in [0.2, 0.25) is 0 Å². The van der Waals surface area contributed by atoms with E-state index in [9.17, 15) is 0 Å². The van der Waals surface area contributed by atoms with E-state index in [1.807, 2.05) is 24.3 Å². The number of nitrogen functional groups attached to an aromatic ring is 1. The monoisotopic (exact) mass is 281 g/mol. The largest absolute Gasteiger partial charge is 0.396 e. The van der Waals surface area contributed by atoms with Crippen molar-refractivity contribution in [1.29, 1.82) is 0 Å². The van der Waals surface area contributed by atoms with E-state index in [2.05, 4.69) is 21.0 Å². The van der Waals surface area contributed by atoms with Crippen molar-refractivity contribution in [3.8, 4) is 5.69 Å². The Morgan fingerprint density at radius 3 is 2.94 bits per heavy atom. The molecule has 4 nitrogen and oxygen atoms in total. The zero-order valence-electron chi connectivity index (χ0n) is 8.60. The molecule has 1 heterocycles. The van der Waals surface area contributed by atoms with Crippen molar-refractivity contribution in [3.63, 3.8) is 0 Å². The summed E-state index contributed by atoms with van der Waals surface area (Å²) >= 11 is 3.40. The van der Waals surface area contributed by atoms with Crippen LogP contribution in [-0.2, 0) is 6.42 Å². The lowest BCUT2D eigenvalue weighted by molar-refractivity contribution is 0.300. The second kappa shape index (κ2) is 4.67. The molecule has 0 saturated heterocycles. The molecule has 2 aromatic rings. The van der Waals surface area contributed by atoms with Crippen LogP contribution in [0, 0.1) is 0 Å². The van der Waals surface area contributed by atoms with E-state index in [0.29, 0.717) is 12.2 Å². The highest BCUT2D eigenvalue weighted by Crippen LogP contribution is 2.20. The molecular weight excluding hydrogens is 270 g/mol. The van der Waals surface area contributed by atoms with Gasteiger partial charge < -0.3 is 10.8 Å². The minimum Gasteiger partial charge on any atom is -0.396 e. The van der Waals surface area contributed by atoms with E-state index < -0.39 is 0 Å². The smallest absolute Gasteiger partial charge is 0.130 e. The lowest BCUT2D eigenvalue weighted by atomic mass is 10.2. The molecule has 0 aliphatic rings. The van der Waals surface area contributed by atoms with Gasteiger partial charge in [-0.2, -0.15) is 5.10 Å². The Balaban J connectivity index is 2.41. The number of hydrogen-bond acceptors (Lipinski definition) is 3. The van der Waals surface area contributed by atoms with Crippen LogP contribution in [0.25, 0.3) is 5.69 Å². The first-order chi connectivity index (χ1) is 7.72. The summed E-state index contributed by atoms with van der Waals surface area (Å²) in [7, 11) is 0. The van der Waals surface area contributed by atoms with Gasteiger partial charge in [0.05, 0.1) is 11.9 Å². The van der Waals surface area contributed by atoms with E-state index in [0.717, 1.165) is 15.7 Å². The first-order valence-electron chi connectivity index (χ1n) is 4.91. The zero-order valence-corrected chi connectivity index (χ0v) is 10.2. The SMILES string of the molecule is Nc1c(CCO)cnn1-c1cccc(Br)c1. The maximum Gasteiger partial charge on any atom is 0.130 e. The molecule has 0 aliphatic carbocycles. The third-order valence-electron chi connectivity index (χ3n) is 2.32. The van der Waals surface area contributed by atoms with E-state index in [1.54, 1.807) is 10.9 Å². The van der Waals surface area contributed by atoms with Gasteiger partial charge in [0.1, 0.15) is 5.82 Å². The molecule has 16 heavy (non-hydrogen) atoms. The summed E-state index contributed by atoms with van der Waals surface area (Å²) in [5.41, 5.74) is 7.71. The number of rotatable bonds is 3. The van der Waals surface area contributed by atoms with E-state index in [1.165, 1.54) is 0 Å². The third-order valence-corrected chi connectivity index (χ3v) is 2.81. The molecule has 0 fully saturated rings. The van der Waals surface area contributed by atoms with Crippen molar-refractivity contribution >= 4 is 21.7 Å². The molecule has 0 atom stereocenters. The van der Waals surface area contributed by atoms with Gasteiger partial charge in [-0.15, -0.1) is 0 Å². The molecule has 1 aromatic heterocycles. The molecule has 0 saturated carbocycles. The lowest BCUT2D eigenvalue weighted by Gasteiger charge is -2.05. The minimum atomic E-state index is 0.0778. The summed E-state index contributed by atoms with van der Waals surface area (Å²) in [6.07, 6.45) is 2.21. The Kier molecular flexibility index (Phi) is 3.26. The van der Waals surface area contributed by atoms with E-state index in [4.69, 9.17) is 10.8 Å². The van der Waals surface area contributed by atoms with Crippen molar-refractivity contribution < 1.29 is 5.11 Å². The maximum atomic E-state index is 8.87. The van der Waals surface area contributed by atoms with Crippen LogP contribution in [0.5, 0.6) is 0 Å². The molecule has 0 spiro atoms. The molecule has 3 N–H and O–H groups in total. The number of nitrogens with zero attached hydrogens (tertiary/aromatic N) is 2. The molecule has 1 aromatic carbocycles. The molecular formula is C11H12BrN3O. The van der Waals surface area contributed by atoms with Gasteiger partial charge in [0.2, 0.25) is 0 Å². The van der Waals surface area contributed by atoms with Crippen LogP contribution < -0.4 is 5.73 Å². The summed E-state index contributed by atoms with van der Waals surface area (Å²) in [6.45, 7) is 0.0778. The average molecular weight is 282 g/mol. The highest BCUT2D eigenvalue weighted by atomic mass is 79.9. The number of nitrogens with two attached hydrogens (primary N) is 1. The van der Waals surface area contributed by atoms with Gasteiger partial charge in [-0.1, -0.05) is 22.0 Å². The van der Waals surface area contributed by atoms with Crippen molar-refractivity contribution in [3.05, 3.63) is 40.5 Å². The average Bonchev–Trinajstić information content (AvgIpc) is 2.61. The Morgan fingerprint density at radius 2 is 2.25 bits per heavy atom.